The molecule has 6 nitrogen and oxygen atoms in total. The third kappa shape index (κ3) is 2.81. The van der Waals surface area contributed by atoms with Crippen LogP contribution < -0.4 is 0 Å². The summed E-state index contributed by atoms with van der Waals surface area (Å²) in [5, 5.41) is 12.3. The fourth-order valence-electron chi connectivity index (χ4n) is 4.30. The van der Waals surface area contributed by atoms with Gasteiger partial charge in [0, 0.05) is 23.2 Å². The van der Waals surface area contributed by atoms with Gasteiger partial charge in [-0.2, -0.15) is 10.2 Å². The Morgan fingerprint density at radius 2 is 2.15 bits per heavy atom. The summed E-state index contributed by atoms with van der Waals surface area (Å²) in [5.41, 5.74) is 3.90. The van der Waals surface area contributed by atoms with Crippen LogP contribution in [0.4, 0.5) is 4.39 Å². The van der Waals surface area contributed by atoms with Crippen LogP contribution >= 0.6 is 0 Å². The first kappa shape index (κ1) is 16.5. The third-order valence-electron chi connectivity index (χ3n) is 5.77. The van der Waals surface area contributed by atoms with Crippen molar-refractivity contribution in [2.75, 3.05) is 6.67 Å². The molecular formula is C20H22FN5O. The monoisotopic (exact) mass is 367 g/mol. The van der Waals surface area contributed by atoms with E-state index < -0.39 is 6.67 Å². The SMILES string of the molecule is O=C(c1cccc2c1cnn2CCF)N(C1CC1)C1CCc2[nH]ncc2C1. The highest BCUT2D eigenvalue weighted by Crippen LogP contribution is 2.35. The topological polar surface area (TPSA) is 66.8 Å². The molecule has 1 saturated carbocycles. The first-order valence-electron chi connectivity index (χ1n) is 9.60. The van der Waals surface area contributed by atoms with Gasteiger partial charge in [-0.25, -0.2) is 4.39 Å². The maximum absolute atomic E-state index is 13.5. The number of nitrogens with zero attached hydrogens (tertiary/aromatic N) is 4. The Morgan fingerprint density at radius 3 is 2.96 bits per heavy atom. The van der Waals surface area contributed by atoms with Gasteiger partial charge >= 0.3 is 0 Å². The molecular weight excluding hydrogens is 345 g/mol. The predicted octanol–water partition coefficient (Wildman–Crippen LogP) is 2.89. The van der Waals surface area contributed by atoms with Gasteiger partial charge in [-0.05, 0) is 49.8 Å². The normalized spacial score (nSPS) is 19.2. The summed E-state index contributed by atoms with van der Waals surface area (Å²) in [6.07, 6.45) is 8.45. The lowest BCUT2D eigenvalue weighted by molar-refractivity contribution is 0.0645. The van der Waals surface area contributed by atoms with Crippen molar-refractivity contribution in [1.82, 2.24) is 24.9 Å². The Kier molecular flexibility index (Phi) is 3.95. The van der Waals surface area contributed by atoms with Gasteiger partial charge in [0.1, 0.15) is 6.67 Å². The number of hydrogen-bond donors (Lipinski definition) is 1. The average Bonchev–Trinajstić information content (AvgIpc) is 3.25. The minimum Gasteiger partial charge on any atom is -0.332 e. The Labute approximate surface area is 156 Å². The van der Waals surface area contributed by atoms with E-state index in [1.165, 1.54) is 11.3 Å². The minimum atomic E-state index is -0.474. The van der Waals surface area contributed by atoms with E-state index in [1.54, 1.807) is 10.9 Å². The van der Waals surface area contributed by atoms with Gasteiger partial charge in [0.25, 0.3) is 5.91 Å². The zero-order chi connectivity index (χ0) is 18.4. The summed E-state index contributed by atoms with van der Waals surface area (Å²) in [7, 11) is 0. The Hall–Kier alpha value is -2.70. The molecule has 1 fully saturated rings. The van der Waals surface area contributed by atoms with Gasteiger partial charge in [-0.15, -0.1) is 0 Å². The number of halogens is 1. The number of aryl methyl sites for hydroxylation is 2. The zero-order valence-electron chi connectivity index (χ0n) is 15.1. The van der Waals surface area contributed by atoms with Gasteiger partial charge in [0.15, 0.2) is 0 Å². The smallest absolute Gasteiger partial charge is 0.255 e. The number of carbonyl (C=O) groups is 1. The van der Waals surface area contributed by atoms with Crippen LogP contribution in [0.5, 0.6) is 0 Å². The Bertz CT molecular complexity index is 989. The first-order chi connectivity index (χ1) is 13.3. The lowest BCUT2D eigenvalue weighted by Crippen LogP contribution is -2.44. The molecule has 7 heteroatoms. The van der Waals surface area contributed by atoms with Crippen LogP contribution in [0.15, 0.2) is 30.6 Å². The van der Waals surface area contributed by atoms with Crippen molar-refractivity contribution >= 4 is 16.8 Å². The van der Waals surface area contributed by atoms with Crippen molar-refractivity contribution in [1.29, 1.82) is 0 Å². The maximum atomic E-state index is 13.5. The number of H-pyrrole nitrogens is 1. The van der Waals surface area contributed by atoms with Crippen LogP contribution in [0.3, 0.4) is 0 Å². The summed E-state index contributed by atoms with van der Waals surface area (Å²) in [6.45, 7) is -0.266. The highest BCUT2D eigenvalue weighted by atomic mass is 19.1. The quantitative estimate of drug-likeness (QED) is 0.754. The molecule has 0 saturated heterocycles. The minimum absolute atomic E-state index is 0.0693. The van der Waals surface area contributed by atoms with E-state index in [1.807, 2.05) is 24.4 Å². The molecule has 1 aromatic carbocycles. The van der Waals surface area contributed by atoms with Crippen LogP contribution in [-0.4, -0.2) is 49.5 Å². The lowest BCUT2D eigenvalue weighted by Gasteiger charge is -2.34. The predicted molar refractivity (Wildman–Crippen MR) is 99.3 cm³/mol. The van der Waals surface area contributed by atoms with Crippen LogP contribution in [0, 0.1) is 0 Å². The molecule has 1 atom stereocenters. The summed E-state index contributed by atoms with van der Waals surface area (Å²) in [4.78, 5) is 15.6. The fraction of sp³-hybridized carbons (Fsp3) is 0.450. The van der Waals surface area contributed by atoms with Crippen molar-refractivity contribution < 1.29 is 9.18 Å². The van der Waals surface area contributed by atoms with E-state index in [0.717, 1.165) is 43.0 Å². The van der Waals surface area contributed by atoms with Gasteiger partial charge in [0.05, 0.1) is 30.0 Å². The number of aromatic nitrogens is 4. The van der Waals surface area contributed by atoms with Gasteiger partial charge in [-0.1, -0.05) is 6.07 Å². The fourth-order valence-corrected chi connectivity index (χ4v) is 4.30. The molecule has 3 aromatic rings. The van der Waals surface area contributed by atoms with Crippen LogP contribution in [-0.2, 0) is 19.4 Å². The van der Waals surface area contributed by atoms with Crippen LogP contribution in [0.25, 0.3) is 10.9 Å². The molecule has 0 aliphatic heterocycles. The number of benzene rings is 1. The highest BCUT2D eigenvalue weighted by Gasteiger charge is 2.39. The molecule has 1 N–H and O–H groups in total. The average molecular weight is 367 g/mol. The lowest BCUT2D eigenvalue weighted by atomic mass is 9.91. The largest absolute Gasteiger partial charge is 0.332 e. The molecule has 0 radical (unpaired) electrons. The molecule has 27 heavy (non-hydrogen) atoms. The van der Waals surface area contributed by atoms with Crippen molar-refractivity contribution in [3.8, 4) is 0 Å². The summed E-state index contributed by atoms with van der Waals surface area (Å²) in [6, 6.07) is 6.16. The molecule has 1 unspecified atom stereocenters. The summed E-state index contributed by atoms with van der Waals surface area (Å²) < 4.78 is 14.4. The summed E-state index contributed by atoms with van der Waals surface area (Å²) >= 11 is 0. The van der Waals surface area contributed by atoms with Crippen LogP contribution in [0.1, 0.15) is 40.9 Å². The number of amides is 1. The van der Waals surface area contributed by atoms with Gasteiger partial charge in [-0.3, -0.25) is 14.6 Å². The van der Waals surface area contributed by atoms with Gasteiger partial charge in [0.2, 0.25) is 0 Å². The van der Waals surface area contributed by atoms with Gasteiger partial charge < -0.3 is 4.90 Å². The number of hydrogen-bond acceptors (Lipinski definition) is 3. The number of rotatable bonds is 5. The number of carbonyl (C=O) groups excluding carboxylic acids is 1. The van der Waals surface area contributed by atoms with E-state index >= 15 is 0 Å². The van der Waals surface area contributed by atoms with E-state index in [9.17, 15) is 9.18 Å². The first-order valence-corrected chi connectivity index (χ1v) is 9.60. The van der Waals surface area contributed by atoms with E-state index in [4.69, 9.17) is 0 Å². The zero-order valence-corrected chi connectivity index (χ0v) is 15.1. The molecule has 0 bridgehead atoms. The number of fused-ring (bicyclic) bond motifs is 2. The van der Waals surface area contributed by atoms with Crippen molar-refractivity contribution in [2.24, 2.45) is 0 Å². The van der Waals surface area contributed by atoms with E-state index in [-0.39, 0.29) is 18.5 Å². The second-order valence-corrected chi connectivity index (χ2v) is 7.51. The molecule has 1 amide bonds. The molecule has 2 aliphatic carbocycles. The molecule has 5 rings (SSSR count). The summed E-state index contributed by atoms with van der Waals surface area (Å²) in [5.74, 6) is 0.0693. The van der Waals surface area contributed by atoms with Crippen molar-refractivity contribution in [3.63, 3.8) is 0 Å². The second-order valence-electron chi connectivity index (χ2n) is 7.51. The van der Waals surface area contributed by atoms with Crippen molar-refractivity contribution in [2.45, 2.75) is 50.7 Å². The maximum Gasteiger partial charge on any atom is 0.255 e. The van der Waals surface area contributed by atoms with Crippen LogP contribution in [0.2, 0.25) is 0 Å². The Balaban J connectivity index is 1.49. The standard InChI is InChI=1S/C20H22FN5O/c21-8-9-25-19-3-1-2-16(17(19)12-23-25)20(27)26(14-4-5-14)15-6-7-18-13(10-15)11-22-24-18/h1-3,11-12,14-15H,4-10H2,(H,22,24). The number of nitrogens with one attached hydrogen (secondary N) is 1. The van der Waals surface area contributed by atoms with Crippen molar-refractivity contribution in [3.05, 3.63) is 47.4 Å². The molecule has 2 aliphatic rings. The molecule has 2 aromatic heterocycles. The Morgan fingerprint density at radius 1 is 1.26 bits per heavy atom. The second kappa shape index (κ2) is 6.48. The molecule has 140 valence electrons. The third-order valence-corrected chi connectivity index (χ3v) is 5.77. The molecule has 0 spiro atoms. The highest BCUT2D eigenvalue weighted by molar-refractivity contribution is 6.06. The van der Waals surface area contributed by atoms with E-state index in [2.05, 4.69) is 20.2 Å². The number of aromatic amines is 1. The number of alkyl halides is 1. The molecule has 2 heterocycles. The van der Waals surface area contributed by atoms with E-state index in [0.29, 0.717) is 11.6 Å².